The van der Waals surface area contributed by atoms with Crippen molar-refractivity contribution in [3.63, 3.8) is 0 Å². The summed E-state index contributed by atoms with van der Waals surface area (Å²) in [5, 5.41) is 3.72. The largest absolute Gasteiger partial charge is 0.342 e. The normalized spacial score (nSPS) is 15.3. The van der Waals surface area contributed by atoms with Crippen molar-refractivity contribution >= 4 is 51.8 Å². The van der Waals surface area contributed by atoms with Crippen molar-refractivity contribution in [1.29, 1.82) is 0 Å². The second kappa shape index (κ2) is 8.72. The Labute approximate surface area is 203 Å². The number of hydrogen-bond acceptors (Lipinski definition) is 3. The predicted molar refractivity (Wildman–Crippen MR) is 140 cm³/mol. The molecule has 0 radical (unpaired) electrons. The molecule has 34 heavy (non-hydrogen) atoms. The minimum atomic E-state index is -0.492. The topological polar surface area (TPSA) is 54.3 Å². The van der Waals surface area contributed by atoms with Crippen molar-refractivity contribution in [2.75, 3.05) is 4.90 Å². The maximum atomic E-state index is 13.4. The number of rotatable bonds is 4. The molecule has 1 saturated heterocycles. The number of benzene rings is 3. The van der Waals surface area contributed by atoms with Gasteiger partial charge >= 0.3 is 0 Å². The zero-order valence-corrected chi connectivity index (χ0v) is 19.7. The third-order valence-corrected chi connectivity index (χ3v) is 6.23. The summed E-state index contributed by atoms with van der Waals surface area (Å²) in [5.41, 5.74) is 5.96. The van der Waals surface area contributed by atoms with E-state index in [-0.39, 0.29) is 10.7 Å². The number of aromatic nitrogens is 1. The maximum Gasteiger partial charge on any atom is 0.270 e. The van der Waals surface area contributed by atoms with Crippen molar-refractivity contribution in [2.24, 2.45) is 0 Å². The number of anilines is 1. The summed E-state index contributed by atoms with van der Waals surface area (Å²) >= 11 is 5.32. The van der Waals surface area contributed by atoms with E-state index in [9.17, 15) is 9.59 Å². The summed E-state index contributed by atoms with van der Waals surface area (Å²) in [5.74, 6) is -0.929. The molecule has 1 N–H and O–H groups in total. The van der Waals surface area contributed by atoms with Gasteiger partial charge in [0.2, 0.25) is 0 Å². The van der Waals surface area contributed by atoms with Crippen LogP contribution in [-0.2, 0) is 16.1 Å². The van der Waals surface area contributed by atoms with Crippen LogP contribution in [0.4, 0.5) is 5.69 Å². The average Bonchev–Trinajstić information content (AvgIpc) is 3.15. The molecule has 0 unspecified atom stereocenters. The SMILES string of the molecule is Cc1ccc(N2C(=O)/C(=C/c3cn(Cc4cccc(C)c4)c4ccccc34)C(=O)NC2=S)cc1. The minimum Gasteiger partial charge on any atom is -0.342 e. The van der Waals surface area contributed by atoms with Gasteiger partial charge in [-0.1, -0.05) is 65.7 Å². The van der Waals surface area contributed by atoms with E-state index in [4.69, 9.17) is 12.2 Å². The molecule has 2 amide bonds. The van der Waals surface area contributed by atoms with Crippen molar-refractivity contribution in [1.82, 2.24) is 9.88 Å². The molecular weight excluding hydrogens is 442 g/mol. The molecular formula is C28H23N3O2S. The highest BCUT2D eigenvalue weighted by molar-refractivity contribution is 7.80. The van der Waals surface area contributed by atoms with Crippen molar-refractivity contribution in [3.8, 4) is 0 Å². The summed E-state index contributed by atoms with van der Waals surface area (Å²) in [4.78, 5) is 27.6. The van der Waals surface area contributed by atoms with E-state index in [0.717, 1.165) is 22.0 Å². The van der Waals surface area contributed by atoms with E-state index in [1.165, 1.54) is 16.0 Å². The molecule has 3 aromatic carbocycles. The Morgan fingerprint density at radius 2 is 1.68 bits per heavy atom. The molecule has 0 atom stereocenters. The molecule has 5 rings (SSSR count). The first kappa shape index (κ1) is 21.8. The lowest BCUT2D eigenvalue weighted by Gasteiger charge is -2.29. The predicted octanol–water partition coefficient (Wildman–Crippen LogP) is 5.14. The Morgan fingerprint density at radius 1 is 0.912 bits per heavy atom. The van der Waals surface area contributed by atoms with Gasteiger partial charge in [0.15, 0.2) is 5.11 Å². The number of aryl methyl sites for hydroxylation is 2. The van der Waals surface area contributed by atoms with Crippen LogP contribution < -0.4 is 10.2 Å². The third kappa shape index (κ3) is 4.04. The molecule has 1 aliphatic rings. The monoisotopic (exact) mass is 465 g/mol. The molecule has 1 fully saturated rings. The van der Waals surface area contributed by atoms with Gasteiger partial charge in [0.25, 0.3) is 11.8 Å². The van der Waals surface area contributed by atoms with Crippen LogP contribution in [0, 0.1) is 13.8 Å². The van der Waals surface area contributed by atoms with Gasteiger partial charge in [-0.25, -0.2) is 0 Å². The number of nitrogens with zero attached hydrogens (tertiary/aromatic N) is 2. The zero-order chi connectivity index (χ0) is 23.8. The van der Waals surface area contributed by atoms with Crippen LogP contribution in [0.3, 0.4) is 0 Å². The first-order valence-corrected chi connectivity index (χ1v) is 11.4. The third-order valence-electron chi connectivity index (χ3n) is 5.95. The number of thiocarbonyl (C=S) groups is 1. The van der Waals surface area contributed by atoms with Crippen LogP contribution in [0.2, 0.25) is 0 Å². The van der Waals surface area contributed by atoms with Crippen molar-refractivity contribution in [2.45, 2.75) is 20.4 Å². The van der Waals surface area contributed by atoms with Crippen molar-refractivity contribution < 1.29 is 9.59 Å². The quantitative estimate of drug-likeness (QED) is 0.258. The second-order valence-electron chi connectivity index (χ2n) is 8.51. The van der Waals surface area contributed by atoms with Crippen LogP contribution >= 0.6 is 12.2 Å². The van der Waals surface area contributed by atoms with Crippen LogP contribution in [0.15, 0.2) is 84.6 Å². The fraction of sp³-hybridized carbons (Fsp3) is 0.107. The summed E-state index contributed by atoms with van der Waals surface area (Å²) in [6, 6.07) is 23.8. The summed E-state index contributed by atoms with van der Waals surface area (Å²) in [7, 11) is 0. The van der Waals surface area contributed by atoms with Gasteiger partial charge in [-0.2, -0.15) is 0 Å². The number of amides is 2. The van der Waals surface area contributed by atoms with E-state index in [1.807, 2.05) is 67.7 Å². The number of nitrogens with one attached hydrogen (secondary N) is 1. The Hall–Kier alpha value is -4.03. The fourth-order valence-electron chi connectivity index (χ4n) is 4.27. The molecule has 1 aliphatic heterocycles. The highest BCUT2D eigenvalue weighted by Gasteiger charge is 2.34. The van der Waals surface area contributed by atoms with E-state index >= 15 is 0 Å². The van der Waals surface area contributed by atoms with Gasteiger partial charge in [0.05, 0.1) is 5.69 Å². The molecule has 5 nitrogen and oxygen atoms in total. The Kier molecular flexibility index (Phi) is 5.59. The van der Waals surface area contributed by atoms with E-state index in [2.05, 4.69) is 35.0 Å². The van der Waals surface area contributed by atoms with E-state index < -0.39 is 11.8 Å². The van der Waals surface area contributed by atoms with Gasteiger partial charge in [0.1, 0.15) is 5.57 Å². The molecule has 6 heteroatoms. The van der Waals surface area contributed by atoms with Gasteiger partial charge in [-0.3, -0.25) is 19.8 Å². The van der Waals surface area contributed by atoms with E-state index in [1.54, 1.807) is 6.08 Å². The standard InChI is InChI=1S/C28H23N3O2S/c1-18-10-12-22(13-11-18)31-27(33)24(26(32)29-28(31)34)15-21-17-30(25-9-4-3-8-23(21)25)16-20-7-5-6-19(2)14-20/h3-15,17H,16H2,1-2H3,(H,29,32,34)/b24-15+. The number of fused-ring (bicyclic) bond motifs is 1. The lowest BCUT2D eigenvalue weighted by molar-refractivity contribution is -0.122. The summed E-state index contributed by atoms with van der Waals surface area (Å²) in [6.45, 7) is 4.73. The zero-order valence-electron chi connectivity index (χ0n) is 18.9. The Balaban J connectivity index is 1.56. The molecule has 168 valence electrons. The van der Waals surface area contributed by atoms with Crippen LogP contribution in [0.25, 0.3) is 17.0 Å². The molecule has 0 bridgehead atoms. The van der Waals surface area contributed by atoms with E-state index in [0.29, 0.717) is 12.2 Å². The first-order chi connectivity index (χ1) is 16.4. The van der Waals surface area contributed by atoms with Gasteiger partial charge in [0, 0.05) is 29.2 Å². The lowest BCUT2D eigenvalue weighted by atomic mass is 10.1. The highest BCUT2D eigenvalue weighted by atomic mass is 32.1. The minimum absolute atomic E-state index is 0.0487. The number of carbonyl (C=O) groups excluding carboxylic acids is 2. The average molecular weight is 466 g/mol. The van der Waals surface area contributed by atoms with Gasteiger partial charge in [-0.15, -0.1) is 0 Å². The number of para-hydroxylation sites is 1. The summed E-state index contributed by atoms with van der Waals surface area (Å²) < 4.78 is 2.14. The maximum absolute atomic E-state index is 13.4. The second-order valence-corrected chi connectivity index (χ2v) is 8.90. The highest BCUT2D eigenvalue weighted by Crippen LogP contribution is 2.27. The molecule has 4 aromatic rings. The van der Waals surface area contributed by atoms with Gasteiger partial charge in [-0.05, 0) is 55.9 Å². The smallest absolute Gasteiger partial charge is 0.270 e. The Morgan fingerprint density at radius 3 is 2.44 bits per heavy atom. The summed E-state index contributed by atoms with van der Waals surface area (Å²) in [6.07, 6.45) is 3.65. The lowest BCUT2D eigenvalue weighted by Crippen LogP contribution is -2.54. The van der Waals surface area contributed by atoms with Crippen molar-refractivity contribution in [3.05, 3.63) is 107 Å². The molecule has 0 aliphatic carbocycles. The molecule has 0 saturated carbocycles. The molecule has 0 spiro atoms. The number of carbonyl (C=O) groups is 2. The molecule has 2 heterocycles. The van der Waals surface area contributed by atoms with Crippen LogP contribution in [0.1, 0.15) is 22.3 Å². The number of hydrogen-bond donors (Lipinski definition) is 1. The first-order valence-electron chi connectivity index (χ1n) is 11.0. The van der Waals surface area contributed by atoms with Crippen LogP contribution in [-0.4, -0.2) is 21.5 Å². The van der Waals surface area contributed by atoms with Gasteiger partial charge < -0.3 is 4.57 Å². The Bertz CT molecular complexity index is 1480. The molecule has 1 aromatic heterocycles. The fourth-order valence-corrected chi connectivity index (χ4v) is 4.55. The van der Waals surface area contributed by atoms with Crippen LogP contribution in [0.5, 0.6) is 0 Å².